The van der Waals surface area contributed by atoms with Crippen molar-refractivity contribution in [1.29, 1.82) is 0 Å². The molecule has 11 rings (SSSR count). The summed E-state index contributed by atoms with van der Waals surface area (Å²) < 4.78 is 81.8. The predicted octanol–water partition coefficient (Wildman–Crippen LogP) is -1.61. The molecule has 31 nitrogen and oxygen atoms in total. The van der Waals surface area contributed by atoms with E-state index in [0.29, 0.717) is 57.8 Å². The van der Waals surface area contributed by atoms with E-state index in [9.17, 15) is 91.0 Å². The number of esters is 2. The van der Waals surface area contributed by atoms with Crippen molar-refractivity contribution in [3.05, 3.63) is 12.2 Å². The van der Waals surface area contributed by atoms with Gasteiger partial charge in [-0.3, -0.25) is 4.79 Å². The normalized spacial score (nSPS) is 52.3. The number of carboxylic acids is 1. The lowest BCUT2D eigenvalue weighted by atomic mass is 9.30. The number of aliphatic hydroxyl groups is 14. The molecule has 6 heterocycles. The minimum atomic E-state index is -2.36. The second kappa shape index (κ2) is 28.5. The smallest absolute Gasteiger partial charge is 0.335 e. The molecule has 5 saturated carbocycles. The maximum absolute atomic E-state index is 13.8. The van der Waals surface area contributed by atoms with Crippen molar-refractivity contribution in [2.75, 3.05) is 26.4 Å². The molecule has 4 unspecified atom stereocenters. The van der Waals surface area contributed by atoms with Crippen LogP contribution in [0.4, 0.5) is 0 Å². The van der Waals surface area contributed by atoms with Gasteiger partial charge in [0, 0.05) is 24.3 Å². The summed E-state index contributed by atoms with van der Waals surface area (Å²) in [5, 5.41) is 168. The van der Waals surface area contributed by atoms with Gasteiger partial charge in [0.1, 0.15) is 115 Å². The minimum Gasteiger partial charge on any atom is -0.479 e. The fourth-order valence-corrected chi connectivity index (χ4v) is 20.5. The number of fused-ring (bicyclic) bond motifs is 4. The van der Waals surface area contributed by atoms with Gasteiger partial charge in [0.25, 0.3) is 0 Å². The highest BCUT2D eigenvalue weighted by atomic mass is 16.8. The summed E-state index contributed by atoms with van der Waals surface area (Å²) >= 11 is 0. The molecule has 0 radical (unpaired) electrons. The van der Waals surface area contributed by atoms with Crippen molar-refractivity contribution in [3.8, 4) is 0 Å². The van der Waals surface area contributed by atoms with Crippen LogP contribution in [0, 0.1) is 50.2 Å². The van der Waals surface area contributed by atoms with Crippen LogP contribution in [0.25, 0.3) is 0 Å². The van der Waals surface area contributed by atoms with Crippen LogP contribution in [0.5, 0.6) is 0 Å². The highest BCUT2D eigenvalue weighted by molar-refractivity contribution is 5.82. The summed E-state index contributed by atoms with van der Waals surface area (Å²) in [5.74, 6) is -3.50. The van der Waals surface area contributed by atoms with Crippen molar-refractivity contribution < 1.29 is 153 Å². The van der Waals surface area contributed by atoms with Crippen LogP contribution < -0.4 is 0 Å². The molecule has 99 heavy (non-hydrogen) atoms. The molecular weight excluding hydrogens is 1310 g/mol. The average Bonchev–Trinajstić information content (AvgIpc) is 1.54. The zero-order valence-electron chi connectivity index (χ0n) is 58.0. The molecule has 15 N–H and O–H groups in total. The lowest BCUT2D eigenvalue weighted by Crippen LogP contribution is -2.76. The Morgan fingerprint density at radius 3 is 1.79 bits per heavy atom. The lowest BCUT2D eigenvalue weighted by Gasteiger charge is -2.75. The number of carbonyl (C=O) groups excluding carboxylic acids is 2. The van der Waals surface area contributed by atoms with Crippen LogP contribution in [-0.4, -0.2) is 292 Å². The number of rotatable bonds is 20. The fraction of sp³-hybridized carbons (Fsp3) is 0.926. The summed E-state index contributed by atoms with van der Waals surface area (Å²) in [7, 11) is 0. The fourth-order valence-electron chi connectivity index (χ4n) is 20.5. The van der Waals surface area contributed by atoms with Gasteiger partial charge in [0.05, 0.1) is 44.2 Å². The second-order valence-corrected chi connectivity index (χ2v) is 32.3. The second-order valence-electron chi connectivity index (χ2n) is 32.3. The van der Waals surface area contributed by atoms with E-state index in [-0.39, 0.29) is 18.3 Å². The third kappa shape index (κ3) is 12.8. The first-order valence-electron chi connectivity index (χ1n) is 35.2. The first-order valence-corrected chi connectivity index (χ1v) is 35.2. The maximum Gasteiger partial charge on any atom is 0.335 e. The number of unbranched alkanes of at least 4 members (excludes halogenated alkanes) is 2. The summed E-state index contributed by atoms with van der Waals surface area (Å²) in [4.78, 5) is 40.7. The highest BCUT2D eigenvalue weighted by Crippen LogP contribution is 2.82. The number of aliphatic hydroxyl groups excluding tert-OH is 13. The SMILES string of the molecule is CCCC/C=C/C(=O)OC1CC(C)(C)C[C@@H]2C13[C@H](O)O[C@@]21CCC2[C@@]4(C)CC[C@H](O[C@@H]5O[C@H](C(=O)O)[C@@H](O)[C@H](O[C@@H]6O[C@H](CO)[C@H](O)[C@H](O)[C@H]6O[C@@H]6O[C@@H](C)[C@H](O)[C@@H](O)[C@H]6O[C@@H]6OC[C@](O)(CO)[C@H]6O)[C@H]5O[C@@H]5O[C@H](CO)[C@H](O)[C@H](O)[C@H]5O)C(C)(C)C4CC[C@@]2(C)[C@]1(C)C[C@H]3OC(C)=O. The van der Waals surface area contributed by atoms with Gasteiger partial charge < -0.3 is 138 Å². The Kier molecular flexibility index (Phi) is 22.2. The number of ether oxygens (including phenoxy) is 13. The molecule has 0 aromatic heterocycles. The van der Waals surface area contributed by atoms with Gasteiger partial charge in [-0.15, -0.1) is 0 Å². The monoisotopic (exact) mass is 1420 g/mol. The number of hydrogen-bond acceptors (Lipinski definition) is 30. The third-order valence-corrected chi connectivity index (χ3v) is 25.9. The van der Waals surface area contributed by atoms with Gasteiger partial charge in [0.2, 0.25) is 0 Å². The summed E-state index contributed by atoms with van der Waals surface area (Å²) in [6.45, 7) is 16.2. The molecule has 0 amide bonds. The molecule has 0 aromatic carbocycles. The van der Waals surface area contributed by atoms with E-state index in [1.807, 2.05) is 13.8 Å². The van der Waals surface area contributed by atoms with E-state index in [1.165, 1.54) is 19.9 Å². The number of aliphatic carboxylic acids is 1. The van der Waals surface area contributed by atoms with Crippen molar-refractivity contribution >= 4 is 17.9 Å². The van der Waals surface area contributed by atoms with Crippen LogP contribution in [0.15, 0.2) is 12.2 Å². The Morgan fingerprint density at radius 1 is 0.576 bits per heavy atom. The van der Waals surface area contributed by atoms with Gasteiger partial charge in [-0.1, -0.05) is 74.3 Å². The summed E-state index contributed by atoms with van der Waals surface area (Å²) in [6, 6.07) is 0. The Labute approximate surface area is 574 Å². The molecule has 11 fully saturated rings. The van der Waals surface area contributed by atoms with Gasteiger partial charge in [-0.25, -0.2) is 9.59 Å². The largest absolute Gasteiger partial charge is 0.479 e. The van der Waals surface area contributed by atoms with Crippen molar-refractivity contribution in [1.82, 2.24) is 0 Å². The van der Waals surface area contributed by atoms with Crippen LogP contribution in [-0.2, 0) is 76.0 Å². The topological polar surface area (TPSA) is 475 Å². The zero-order chi connectivity index (χ0) is 72.4. The molecule has 1 spiro atoms. The Bertz CT molecular complexity index is 2890. The average molecular weight is 1420 g/mol. The Morgan fingerprint density at radius 2 is 1.16 bits per heavy atom. The third-order valence-electron chi connectivity index (χ3n) is 25.9. The van der Waals surface area contributed by atoms with E-state index in [2.05, 4.69) is 41.5 Å². The van der Waals surface area contributed by atoms with Gasteiger partial charge in [-0.05, 0) is 105 Å². The first kappa shape index (κ1) is 77.3. The van der Waals surface area contributed by atoms with Crippen molar-refractivity contribution in [2.45, 2.75) is 317 Å². The molecule has 35 atom stereocenters. The molecule has 566 valence electrons. The quantitative estimate of drug-likeness (QED) is 0.0282. The van der Waals surface area contributed by atoms with Gasteiger partial charge >= 0.3 is 17.9 Å². The maximum atomic E-state index is 13.8. The molecule has 11 aliphatic rings. The van der Waals surface area contributed by atoms with Crippen LogP contribution >= 0.6 is 0 Å². The Balaban J connectivity index is 0.913. The molecule has 6 saturated heterocycles. The minimum absolute atomic E-state index is 0.0454. The Hall–Kier alpha value is -2.85. The number of carbonyl (C=O) groups is 3. The molecule has 2 bridgehead atoms. The summed E-state index contributed by atoms with van der Waals surface area (Å²) in [6.07, 6.45) is -37.3. The van der Waals surface area contributed by atoms with Crippen molar-refractivity contribution in [3.63, 3.8) is 0 Å². The first-order chi connectivity index (χ1) is 46.4. The molecular formula is C68H108O31. The van der Waals surface area contributed by atoms with Gasteiger partial charge in [-0.2, -0.15) is 0 Å². The molecule has 6 aliphatic heterocycles. The molecule has 31 heteroatoms. The van der Waals surface area contributed by atoms with E-state index in [0.717, 1.165) is 12.8 Å². The van der Waals surface area contributed by atoms with Crippen LogP contribution in [0.1, 0.15) is 146 Å². The molecule has 5 aliphatic carbocycles. The standard InChI is InChI=1S/C68H108O31/c1-11-12-13-14-15-39(73)92-37-23-61(4,5)22-35-67-21-17-34-63(8)19-18-36(62(6,7)33(63)16-20-64(34,9)65(67,10)24-38(89-30(3)72)68(35,37)60(85)99-67)93-58-52(98-55-46(80)43(77)41(75)31(25-69)90-55)48(47(81)49(95-58)54(83)84)94-57-51(45(79)42(76)32(26-70)91-57)96-56-50(44(78)40(74)29(2)88-56)97-59-53(82)66(86,27-71)28-87-59/h14-15,29,31-38,40-53,55-60,69-71,74-82,85-86H,11-13,16-28H2,1-10H3,(H,83,84)/b15-14+/t29-,31+,32+,33?,34?,35-,36-,37?,38+,40-,41-,42-,43-,44+,45-,46+,47-,48-,49-,50+,51+,52+,53-,55-,56-,57-,58+,59-,60+,63-,64+,65-,66+,67-,68?/m0/s1. The lowest BCUT2D eigenvalue weighted by molar-refractivity contribution is -0.409. The van der Waals surface area contributed by atoms with E-state index >= 15 is 0 Å². The van der Waals surface area contributed by atoms with Gasteiger partial charge in [0.15, 0.2) is 43.8 Å². The van der Waals surface area contributed by atoms with Crippen molar-refractivity contribution in [2.24, 2.45) is 50.2 Å². The highest BCUT2D eigenvalue weighted by Gasteiger charge is 2.85. The van der Waals surface area contributed by atoms with Crippen LogP contribution in [0.2, 0.25) is 0 Å². The number of carboxylic acid groups (broad SMARTS) is 1. The van der Waals surface area contributed by atoms with E-state index in [4.69, 9.17) is 61.6 Å². The molecule has 0 aromatic rings. The number of allylic oxidation sites excluding steroid dienone is 1. The van der Waals surface area contributed by atoms with Crippen LogP contribution in [0.3, 0.4) is 0 Å². The summed E-state index contributed by atoms with van der Waals surface area (Å²) in [5.41, 5.74) is -7.59. The number of hydrogen-bond donors (Lipinski definition) is 15. The van der Waals surface area contributed by atoms with E-state index in [1.54, 1.807) is 6.08 Å². The zero-order valence-corrected chi connectivity index (χ0v) is 58.0. The predicted molar refractivity (Wildman–Crippen MR) is 333 cm³/mol. The van der Waals surface area contributed by atoms with E-state index < -0.39 is 254 Å².